The minimum absolute atomic E-state index is 0. The number of anilines is 1. The van der Waals surface area contributed by atoms with E-state index < -0.39 is 0 Å². The molecule has 4 nitrogen and oxygen atoms in total. The summed E-state index contributed by atoms with van der Waals surface area (Å²) in [5.74, 6) is 0.836. The Morgan fingerprint density at radius 3 is 3.09 bits per heavy atom. The summed E-state index contributed by atoms with van der Waals surface area (Å²) in [7, 11) is 0. The lowest BCUT2D eigenvalue weighted by Crippen LogP contribution is -2.46. The number of likely N-dealkylation sites (tertiary alicyclic amines) is 1. The second kappa shape index (κ2) is 7.95. The maximum Gasteiger partial charge on any atom is 0.238 e. The van der Waals surface area contributed by atoms with Crippen molar-refractivity contribution in [3.63, 3.8) is 0 Å². The van der Waals surface area contributed by atoms with Crippen molar-refractivity contribution < 1.29 is 4.79 Å². The van der Waals surface area contributed by atoms with E-state index in [1.54, 1.807) is 0 Å². The van der Waals surface area contributed by atoms with E-state index >= 15 is 0 Å². The maximum absolute atomic E-state index is 12.2. The van der Waals surface area contributed by atoms with Crippen LogP contribution in [0.4, 0.5) is 5.69 Å². The number of halogens is 1. The molecule has 1 aromatic rings. The predicted octanol–water partition coefficient (Wildman–Crippen LogP) is 2.29. The molecule has 1 amide bonds. The molecule has 2 heterocycles. The molecule has 2 aliphatic heterocycles. The largest absolute Gasteiger partial charge is 0.325 e. The number of benzene rings is 1. The van der Waals surface area contributed by atoms with Crippen molar-refractivity contribution in [3.05, 3.63) is 29.8 Å². The molecule has 0 spiro atoms. The van der Waals surface area contributed by atoms with E-state index in [9.17, 15) is 4.79 Å². The van der Waals surface area contributed by atoms with Gasteiger partial charge in [0.25, 0.3) is 0 Å². The molecular formula is C17H26ClN3O. The molecule has 2 unspecified atom stereocenters. The van der Waals surface area contributed by atoms with Gasteiger partial charge < -0.3 is 10.6 Å². The van der Waals surface area contributed by atoms with Crippen LogP contribution in [0.25, 0.3) is 0 Å². The van der Waals surface area contributed by atoms with Gasteiger partial charge in [-0.05, 0) is 49.4 Å². The van der Waals surface area contributed by atoms with E-state index in [1.165, 1.54) is 18.4 Å². The van der Waals surface area contributed by atoms with Crippen LogP contribution >= 0.6 is 12.4 Å². The fourth-order valence-corrected chi connectivity index (χ4v) is 3.54. The molecule has 2 N–H and O–H groups in total. The van der Waals surface area contributed by atoms with Gasteiger partial charge in [0.15, 0.2) is 0 Å². The molecule has 3 rings (SSSR count). The monoisotopic (exact) mass is 323 g/mol. The smallest absolute Gasteiger partial charge is 0.238 e. The summed E-state index contributed by atoms with van der Waals surface area (Å²) in [5.41, 5.74) is 2.17. The molecule has 0 saturated carbocycles. The summed E-state index contributed by atoms with van der Waals surface area (Å²) in [4.78, 5) is 14.5. The van der Waals surface area contributed by atoms with Crippen LogP contribution in [0, 0.1) is 5.92 Å². The van der Waals surface area contributed by atoms with Gasteiger partial charge in [0.1, 0.15) is 0 Å². The Kier molecular flexibility index (Phi) is 6.24. The molecule has 1 aromatic carbocycles. The Morgan fingerprint density at radius 2 is 2.27 bits per heavy atom. The zero-order valence-electron chi connectivity index (χ0n) is 13.2. The quantitative estimate of drug-likeness (QED) is 0.893. The third kappa shape index (κ3) is 4.22. The molecule has 5 heteroatoms. The Hall–Kier alpha value is -1.10. The lowest BCUT2D eigenvalue weighted by Gasteiger charge is -2.34. The summed E-state index contributed by atoms with van der Waals surface area (Å²) < 4.78 is 0. The molecular weight excluding hydrogens is 298 g/mol. The number of hydrogen-bond donors (Lipinski definition) is 2. The van der Waals surface area contributed by atoms with Gasteiger partial charge in [-0.2, -0.15) is 0 Å². The average molecular weight is 324 g/mol. The van der Waals surface area contributed by atoms with Crippen LogP contribution in [0.2, 0.25) is 0 Å². The minimum atomic E-state index is 0. The highest BCUT2D eigenvalue weighted by Crippen LogP contribution is 2.24. The number of piperidine rings is 1. The summed E-state index contributed by atoms with van der Waals surface area (Å²) >= 11 is 0. The van der Waals surface area contributed by atoms with Crippen LogP contribution in [0.15, 0.2) is 24.3 Å². The number of amides is 1. The van der Waals surface area contributed by atoms with Gasteiger partial charge in [-0.15, -0.1) is 12.4 Å². The van der Waals surface area contributed by atoms with Gasteiger partial charge in [0.2, 0.25) is 5.91 Å². The van der Waals surface area contributed by atoms with E-state index in [2.05, 4.69) is 34.6 Å². The van der Waals surface area contributed by atoms with Gasteiger partial charge in [-0.3, -0.25) is 9.69 Å². The first kappa shape index (κ1) is 17.3. The van der Waals surface area contributed by atoms with Gasteiger partial charge in [-0.25, -0.2) is 0 Å². The maximum atomic E-state index is 12.2. The van der Waals surface area contributed by atoms with E-state index in [1.807, 2.05) is 12.1 Å². The fraction of sp³-hybridized carbons (Fsp3) is 0.588. The number of rotatable bonds is 4. The lowest BCUT2D eigenvalue weighted by atomic mass is 9.93. The molecule has 2 saturated heterocycles. The van der Waals surface area contributed by atoms with E-state index in [0.717, 1.165) is 37.7 Å². The highest BCUT2D eigenvalue weighted by Gasteiger charge is 2.32. The average Bonchev–Trinajstić information content (AvgIpc) is 2.95. The molecule has 0 radical (unpaired) electrons. The topological polar surface area (TPSA) is 44.4 Å². The first-order valence-electron chi connectivity index (χ1n) is 8.09. The zero-order valence-corrected chi connectivity index (χ0v) is 14.0. The Balaban J connectivity index is 0.00000176. The second-order valence-corrected chi connectivity index (χ2v) is 6.24. The van der Waals surface area contributed by atoms with Gasteiger partial charge in [0, 0.05) is 24.8 Å². The predicted molar refractivity (Wildman–Crippen MR) is 92.7 cm³/mol. The third-order valence-corrected chi connectivity index (χ3v) is 4.73. The zero-order chi connectivity index (χ0) is 14.7. The molecule has 2 aliphatic rings. The van der Waals surface area contributed by atoms with Crippen molar-refractivity contribution in [3.8, 4) is 0 Å². The van der Waals surface area contributed by atoms with Gasteiger partial charge in [-0.1, -0.05) is 19.1 Å². The fourth-order valence-electron chi connectivity index (χ4n) is 3.54. The molecule has 2 fully saturated rings. The molecule has 0 aliphatic carbocycles. The number of aryl methyl sites for hydroxylation is 1. The normalized spacial score (nSPS) is 24.4. The number of hydrogen-bond acceptors (Lipinski definition) is 3. The summed E-state index contributed by atoms with van der Waals surface area (Å²) in [6, 6.07) is 8.80. The number of carbonyl (C=O) groups excluding carboxylic acids is 1. The highest BCUT2D eigenvalue weighted by atomic mass is 35.5. The van der Waals surface area contributed by atoms with Crippen molar-refractivity contribution in [2.75, 3.05) is 31.5 Å². The molecule has 2 atom stereocenters. The minimum Gasteiger partial charge on any atom is -0.325 e. The summed E-state index contributed by atoms with van der Waals surface area (Å²) in [6.45, 7) is 5.86. The number of nitrogens with one attached hydrogen (secondary N) is 2. The third-order valence-electron chi connectivity index (χ3n) is 4.73. The van der Waals surface area contributed by atoms with E-state index in [4.69, 9.17) is 0 Å². The first-order valence-corrected chi connectivity index (χ1v) is 8.09. The molecule has 0 bridgehead atoms. The molecule has 122 valence electrons. The van der Waals surface area contributed by atoms with Crippen LogP contribution < -0.4 is 10.6 Å². The van der Waals surface area contributed by atoms with Crippen LogP contribution in [0.1, 0.15) is 25.3 Å². The Labute approximate surface area is 139 Å². The summed E-state index contributed by atoms with van der Waals surface area (Å²) in [5, 5.41) is 6.59. The van der Waals surface area contributed by atoms with Crippen LogP contribution in [-0.4, -0.2) is 43.0 Å². The lowest BCUT2D eigenvalue weighted by molar-refractivity contribution is -0.117. The van der Waals surface area contributed by atoms with Crippen molar-refractivity contribution >= 4 is 24.0 Å². The molecule has 22 heavy (non-hydrogen) atoms. The highest BCUT2D eigenvalue weighted by molar-refractivity contribution is 5.92. The van der Waals surface area contributed by atoms with Crippen molar-refractivity contribution in [2.45, 2.75) is 32.2 Å². The van der Waals surface area contributed by atoms with Crippen molar-refractivity contribution in [2.24, 2.45) is 5.92 Å². The van der Waals surface area contributed by atoms with Crippen molar-refractivity contribution in [1.29, 1.82) is 0 Å². The Bertz CT molecular complexity index is 508. The second-order valence-electron chi connectivity index (χ2n) is 6.24. The van der Waals surface area contributed by atoms with Crippen LogP contribution in [-0.2, 0) is 11.2 Å². The van der Waals surface area contributed by atoms with Crippen LogP contribution in [0.3, 0.4) is 0 Å². The van der Waals surface area contributed by atoms with E-state index in [-0.39, 0.29) is 18.3 Å². The van der Waals surface area contributed by atoms with Crippen molar-refractivity contribution in [1.82, 2.24) is 10.2 Å². The standard InChI is InChI=1S/C17H25N3O.ClH/c1-2-13-4-3-5-15(10-13)19-17(21)12-20-9-7-16-14(11-20)6-8-18-16;/h3-5,10,14,16,18H,2,6-9,11-12H2,1H3,(H,19,21);1H. The molecule has 0 aromatic heterocycles. The van der Waals surface area contributed by atoms with E-state index in [0.29, 0.717) is 12.6 Å². The van der Waals surface area contributed by atoms with Gasteiger partial charge in [0.05, 0.1) is 6.54 Å². The number of nitrogens with zero attached hydrogens (tertiary/aromatic N) is 1. The van der Waals surface area contributed by atoms with Crippen LogP contribution in [0.5, 0.6) is 0 Å². The SMILES string of the molecule is CCc1cccc(NC(=O)CN2CCC3NCCC3C2)c1.Cl. The Morgan fingerprint density at radius 1 is 1.41 bits per heavy atom. The summed E-state index contributed by atoms with van der Waals surface area (Å²) in [6.07, 6.45) is 3.41. The van der Waals surface area contributed by atoms with Gasteiger partial charge >= 0.3 is 0 Å². The number of carbonyl (C=O) groups is 1. The number of fused-ring (bicyclic) bond motifs is 1. The first-order chi connectivity index (χ1) is 10.2.